The topological polar surface area (TPSA) is 58.2 Å². The van der Waals surface area contributed by atoms with Crippen LogP contribution in [0.25, 0.3) is 0 Å². The Bertz CT molecular complexity index is 1020. The highest BCUT2D eigenvalue weighted by Gasteiger charge is 2.15. The summed E-state index contributed by atoms with van der Waals surface area (Å²) >= 11 is 0. The van der Waals surface area contributed by atoms with Crippen LogP contribution in [0.15, 0.2) is 72.8 Å². The standard InChI is InChI=1S/C23H20F2N2O2/c1-15(17-11-12-19(24)20(25)13-17)26-14-22(28)27-21-10-6-5-9-18(21)23(29)16-7-3-2-4-8-16/h2-13,15,26H,14H2,1H3,(H,27,28)/t15-/m0/s1. The van der Waals surface area contributed by atoms with Gasteiger partial charge in [-0.3, -0.25) is 9.59 Å². The van der Waals surface area contributed by atoms with Crippen LogP contribution in [0, 0.1) is 11.6 Å². The normalized spacial score (nSPS) is 11.7. The van der Waals surface area contributed by atoms with E-state index >= 15 is 0 Å². The monoisotopic (exact) mass is 394 g/mol. The molecule has 0 saturated heterocycles. The van der Waals surface area contributed by atoms with Crippen LogP contribution in [-0.4, -0.2) is 18.2 Å². The lowest BCUT2D eigenvalue weighted by Gasteiger charge is -2.15. The van der Waals surface area contributed by atoms with Gasteiger partial charge in [0.15, 0.2) is 17.4 Å². The average molecular weight is 394 g/mol. The van der Waals surface area contributed by atoms with Gasteiger partial charge >= 0.3 is 0 Å². The van der Waals surface area contributed by atoms with E-state index in [0.29, 0.717) is 22.4 Å². The third-order valence-corrected chi connectivity index (χ3v) is 4.49. The van der Waals surface area contributed by atoms with E-state index in [1.54, 1.807) is 55.5 Å². The summed E-state index contributed by atoms with van der Waals surface area (Å²) in [4.78, 5) is 25.1. The van der Waals surface area contributed by atoms with E-state index in [2.05, 4.69) is 10.6 Å². The highest BCUT2D eigenvalue weighted by Crippen LogP contribution is 2.20. The molecular formula is C23H20F2N2O2. The number of amides is 1. The molecule has 0 radical (unpaired) electrons. The number of anilines is 1. The number of benzene rings is 3. The fraction of sp³-hybridized carbons (Fsp3) is 0.130. The number of hydrogen-bond acceptors (Lipinski definition) is 3. The van der Waals surface area contributed by atoms with Crippen molar-refractivity contribution >= 4 is 17.4 Å². The third-order valence-electron chi connectivity index (χ3n) is 4.49. The lowest BCUT2D eigenvalue weighted by atomic mass is 10.0. The molecule has 2 N–H and O–H groups in total. The van der Waals surface area contributed by atoms with Crippen LogP contribution >= 0.6 is 0 Å². The van der Waals surface area contributed by atoms with Crippen molar-refractivity contribution in [3.05, 3.63) is 101 Å². The van der Waals surface area contributed by atoms with Crippen molar-refractivity contribution in [2.45, 2.75) is 13.0 Å². The van der Waals surface area contributed by atoms with Gasteiger partial charge in [-0.25, -0.2) is 8.78 Å². The molecule has 3 aromatic rings. The molecular weight excluding hydrogens is 374 g/mol. The minimum absolute atomic E-state index is 0.0615. The van der Waals surface area contributed by atoms with Gasteiger partial charge in [-0.05, 0) is 36.8 Å². The van der Waals surface area contributed by atoms with Crippen LogP contribution in [0.4, 0.5) is 14.5 Å². The van der Waals surface area contributed by atoms with E-state index in [9.17, 15) is 18.4 Å². The first kappa shape index (κ1) is 20.4. The van der Waals surface area contributed by atoms with Gasteiger partial charge in [0.05, 0.1) is 12.2 Å². The Labute approximate surface area is 167 Å². The lowest BCUT2D eigenvalue weighted by molar-refractivity contribution is -0.115. The number of nitrogens with one attached hydrogen (secondary N) is 2. The Morgan fingerprint density at radius 2 is 1.59 bits per heavy atom. The maximum Gasteiger partial charge on any atom is 0.238 e. The number of hydrogen-bond donors (Lipinski definition) is 2. The van der Waals surface area contributed by atoms with Crippen molar-refractivity contribution in [3.8, 4) is 0 Å². The largest absolute Gasteiger partial charge is 0.324 e. The Kier molecular flexibility index (Phi) is 6.46. The summed E-state index contributed by atoms with van der Waals surface area (Å²) in [6.07, 6.45) is 0. The zero-order chi connectivity index (χ0) is 20.8. The molecule has 0 fully saturated rings. The molecule has 3 aromatic carbocycles. The van der Waals surface area contributed by atoms with Crippen LogP contribution < -0.4 is 10.6 Å². The zero-order valence-electron chi connectivity index (χ0n) is 15.8. The van der Waals surface area contributed by atoms with Gasteiger partial charge in [0.2, 0.25) is 5.91 Å². The number of ketones is 1. The van der Waals surface area contributed by atoms with Crippen LogP contribution in [0.5, 0.6) is 0 Å². The Morgan fingerprint density at radius 1 is 0.897 bits per heavy atom. The lowest BCUT2D eigenvalue weighted by Crippen LogP contribution is -2.30. The second-order valence-corrected chi connectivity index (χ2v) is 6.57. The number of carbonyl (C=O) groups excluding carboxylic acids is 2. The van der Waals surface area contributed by atoms with Crippen molar-refractivity contribution in [1.82, 2.24) is 5.32 Å². The summed E-state index contributed by atoms with van der Waals surface area (Å²) in [5.41, 5.74) is 1.85. The number of para-hydroxylation sites is 1. The molecule has 0 bridgehead atoms. The van der Waals surface area contributed by atoms with Gasteiger partial charge in [0.1, 0.15) is 0 Å². The maximum atomic E-state index is 13.4. The molecule has 3 rings (SSSR count). The molecule has 0 heterocycles. The number of carbonyl (C=O) groups is 2. The second kappa shape index (κ2) is 9.21. The van der Waals surface area contributed by atoms with Gasteiger partial charge < -0.3 is 10.6 Å². The van der Waals surface area contributed by atoms with E-state index in [-0.39, 0.29) is 24.3 Å². The first-order chi connectivity index (χ1) is 14.0. The molecule has 0 spiro atoms. The first-order valence-electron chi connectivity index (χ1n) is 9.12. The van der Waals surface area contributed by atoms with Crippen LogP contribution in [0.1, 0.15) is 34.5 Å². The van der Waals surface area contributed by atoms with E-state index in [4.69, 9.17) is 0 Å². The van der Waals surface area contributed by atoms with Gasteiger partial charge in [0.25, 0.3) is 0 Å². The Hall–Kier alpha value is -3.38. The molecule has 0 unspecified atom stereocenters. The molecule has 0 saturated carbocycles. The van der Waals surface area contributed by atoms with Crippen molar-refractivity contribution in [1.29, 1.82) is 0 Å². The average Bonchev–Trinajstić information content (AvgIpc) is 2.74. The fourth-order valence-electron chi connectivity index (χ4n) is 2.87. The molecule has 0 aliphatic heterocycles. The maximum absolute atomic E-state index is 13.4. The predicted molar refractivity (Wildman–Crippen MR) is 108 cm³/mol. The van der Waals surface area contributed by atoms with Gasteiger partial charge in [-0.1, -0.05) is 48.5 Å². The molecule has 4 nitrogen and oxygen atoms in total. The third kappa shape index (κ3) is 5.12. The first-order valence-corrected chi connectivity index (χ1v) is 9.12. The van der Waals surface area contributed by atoms with E-state index in [0.717, 1.165) is 12.1 Å². The van der Waals surface area contributed by atoms with E-state index in [1.165, 1.54) is 6.07 Å². The van der Waals surface area contributed by atoms with Crippen molar-refractivity contribution in [2.75, 3.05) is 11.9 Å². The fourth-order valence-corrected chi connectivity index (χ4v) is 2.87. The minimum atomic E-state index is -0.936. The Morgan fingerprint density at radius 3 is 2.31 bits per heavy atom. The summed E-state index contributed by atoms with van der Waals surface area (Å²) in [6.45, 7) is 1.68. The molecule has 6 heteroatoms. The highest BCUT2D eigenvalue weighted by atomic mass is 19.2. The predicted octanol–water partition coefficient (Wildman–Crippen LogP) is 4.49. The summed E-state index contributed by atoms with van der Waals surface area (Å²) in [5, 5.41) is 5.69. The van der Waals surface area contributed by atoms with E-state index in [1.807, 2.05) is 6.07 Å². The summed E-state index contributed by atoms with van der Waals surface area (Å²) < 4.78 is 26.4. The number of halogens is 2. The quantitative estimate of drug-likeness (QED) is 0.581. The Balaban J connectivity index is 1.65. The minimum Gasteiger partial charge on any atom is -0.324 e. The van der Waals surface area contributed by atoms with Crippen molar-refractivity contribution in [3.63, 3.8) is 0 Å². The van der Waals surface area contributed by atoms with Gasteiger partial charge in [0, 0.05) is 17.2 Å². The number of rotatable bonds is 7. The molecule has 0 aliphatic carbocycles. The summed E-state index contributed by atoms with van der Waals surface area (Å²) in [7, 11) is 0. The smallest absolute Gasteiger partial charge is 0.238 e. The van der Waals surface area contributed by atoms with Crippen LogP contribution in [-0.2, 0) is 4.79 Å². The molecule has 0 aromatic heterocycles. The SMILES string of the molecule is C[C@H](NCC(=O)Nc1ccccc1C(=O)c1ccccc1)c1ccc(F)c(F)c1. The molecule has 1 amide bonds. The highest BCUT2D eigenvalue weighted by molar-refractivity contribution is 6.13. The van der Waals surface area contributed by atoms with E-state index < -0.39 is 11.6 Å². The van der Waals surface area contributed by atoms with Crippen LogP contribution in [0.3, 0.4) is 0 Å². The second-order valence-electron chi connectivity index (χ2n) is 6.57. The summed E-state index contributed by atoms with van der Waals surface area (Å²) in [5.74, 6) is -2.40. The summed E-state index contributed by atoms with van der Waals surface area (Å²) in [6, 6.07) is 18.8. The van der Waals surface area contributed by atoms with Crippen molar-refractivity contribution in [2.24, 2.45) is 0 Å². The molecule has 29 heavy (non-hydrogen) atoms. The van der Waals surface area contributed by atoms with Gasteiger partial charge in [-0.2, -0.15) is 0 Å². The molecule has 0 aliphatic rings. The van der Waals surface area contributed by atoms with Gasteiger partial charge in [-0.15, -0.1) is 0 Å². The molecule has 148 valence electrons. The van der Waals surface area contributed by atoms with Crippen LogP contribution in [0.2, 0.25) is 0 Å². The zero-order valence-corrected chi connectivity index (χ0v) is 15.8. The molecule has 1 atom stereocenters. The van der Waals surface area contributed by atoms with Crippen molar-refractivity contribution < 1.29 is 18.4 Å².